The molecule has 2 amide bonds. The molecule has 1 aliphatic carbocycles. The minimum Gasteiger partial charge on any atom is -0.480 e. The Morgan fingerprint density at radius 3 is 2.74 bits per heavy atom. The maximum atomic E-state index is 11.3. The van der Waals surface area contributed by atoms with Crippen LogP contribution in [0.25, 0.3) is 0 Å². The Morgan fingerprint density at radius 2 is 2.16 bits per heavy atom. The van der Waals surface area contributed by atoms with Crippen LogP contribution in [0.3, 0.4) is 0 Å². The fourth-order valence-corrected chi connectivity index (χ4v) is 1.21. The van der Waals surface area contributed by atoms with Crippen LogP contribution >= 0.6 is 0 Å². The van der Waals surface area contributed by atoms with E-state index in [0.717, 1.165) is 5.57 Å². The van der Waals surface area contributed by atoms with Gasteiger partial charge in [0.1, 0.15) is 13.2 Å². The van der Waals surface area contributed by atoms with Gasteiger partial charge in [-0.25, -0.2) is 4.79 Å². The van der Waals surface area contributed by atoms with Gasteiger partial charge in [0.15, 0.2) is 0 Å². The van der Waals surface area contributed by atoms with Gasteiger partial charge >= 0.3 is 12.0 Å². The number of nitrogens with one attached hydrogen (secondary N) is 2. The van der Waals surface area contributed by atoms with E-state index in [2.05, 4.69) is 21.7 Å². The molecule has 0 aromatic rings. The Bertz CT molecular complexity index is 446. The lowest BCUT2D eigenvalue weighted by Gasteiger charge is -2.13. The van der Waals surface area contributed by atoms with Crippen molar-refractivity contribution >= 4 is 17.9 Å². The van der Waals surface area contributed by atoms with Crippen LogP contribution in [0.1, 0.15) is 6.92 Å². The second kappa shape index (κ2) is 7.73. The number of amides is 2. The standard InChI is InChI=1S/C12H15N3O4/c1-2-19-14-7-9-3-5-10(6-4-9)15-12(18)13-8-11(16)17/h3-6,10H,2,8H2,1H3,(H,16,17)(H2,13,15,18). The SMILES string of the molecule is CCON=C=C1C=CC(NC(=O)NCC(=O)O)C=C1. The van der Waals surface area contributed by atoms with Gasteiger partial charge in [-0.3, -0.25) is 4.79 Å². The van der Waals surface area contributed by atoms with Crippen molar-refractivity contribution in [3.05, 3.63) is 29.9 Å². The van der Waals surface area contributed by atoms with E-state index in [-0.39, 0.29) is 6.04 Å². The van der Waals surface area contributed by atoms with Gasteiger partial charge in [0.05, 0.1) is 6.04 Å². The number of aliphatic carboxylic acids is 1. The van der Waals surface area contributed by atoms with Crippen molar-refractivity contribution in [2.45, 2.75) is 13.0 Å². The van der Waals surface area contributed by atoms with Crippen LogP contribution in [0.2, 0.25) is 0 Å². The summed E-state index contributed by atoms with van der Waals surface area (Å²) < 4.78 is 0. The molecule has 0 saturated heterocycles. The number of carbonyl (C=O) groups is 2. The highest BCUT2D eigenvalue weighted by Gasteiger charge is 2.09. The number of rotatable bonds is 5. The molecule has 0 bridgehead atoms. The van der Waals surface area contributed by atoms with E-state index in [1.165, 1.54) is 0 Å². The number of carbonyl (C=O) groups excluding carboxylic acids is 1. The lowest BCUT2D eigenvalue weighted by molar-refractivity contribution is -0.135. The summed E-state index contributed by atoms with van der Waals surface area (Å²) >= 11 is 0. The van der Waals surface area contributed by atoms with Gasteiger partial charge in [-0.1, -0.05) is 12.2 Å². The molecule has 1 rings (SSSR count). The van der Waals surface area contributed by atoms with Crippen molar-refractivity contribution < 1.29 is 19.5 Å². The van der Waals surface area contributed by atoms with Gasteiger partial charge < -0.3 is 20.6 Å². The zero-order valence-corrected chi connectivity index (χ0v) is 10.4. The molecule has 0 saturated carbocycles. The first-order valence-electron chi connectivity index (χ1n) is 5.69. The molecule has 3 N–H and O–H groups in total. The van der Waals surface area contributed by atoms with Gasteiger partial charge in [-0.15, -0.1) is 0 Å². The molecular weight excluding hydrogens is 250 g/mol. The summed E-state index contributed by atoms with van der Waals surface area (Å²) in [5, 5.41) is 16.8. The third kappa shape index (κ3) is 6.09. The molecule has 0 fully saturated rings. The summed E-state index contributed by atoms with van der Waals surface area (Å²) in [6.07, 6.45) is 6.91. The highest BCUT2D eigenvalue weighted by molar-refractivity contribution is 5.80. The zero-order chi connectivity index (χ0) is 14.1. The van der Waals surface area contributed by atoms with Gasteiger partial charge in [0, 0.05) is 11.4 Å². The fourth-order valence-electron chi connectivity index (χ4n) is 1.21. The number of nitrogens with zero attached hydrogens (tertiary/aromatic N) is 1. The summed E-state index contributed by atoms with van der Waals surface area (Å²) in [6, 6.07) is -0.844. The molecule has 1 aliphatic rings. The third-order valence-electron chi connectivity index (χ3n) is 2.03. The largest absolute Gasteiger partial charge is 0.480 e. The maximum absolute atomic E-state index is 11.3. The Hall–Kier alpha value is -2.53. The average Bonchev–Trinajstić information content (AvgIpc) is 2.39. The lowest BCUT2D eigenvalue weighted by atomic mass is 10.1. The molecule has 0 radical (unpaired) electrons. The van der Waals surface area contributed by atoms with E-state index in [0.29, 0.717) is 6.61 Å². The van der Waals surface area contributed by atoms with Gasteiger partial charge in [0.2, 0.25) is 0 Å². The maximum Gasteiger partial charge on any atom is 0.323 e. The van der Waals surface area contributed by atoms with Gasteiger partial charge in [-0.05, 0) is 24.2 Å². The predicted octanol–water partition coefficient (Wildman–Crippen LogP) is 0.412. The summed E-state index contributed by atoms with van der Waals surface area (Å²) in [6.45, 7) is 1.87. The van der Waals surface area contributed by atoms with Crippen LogP contribution in [0.5, 0.6) is 0 Å². The van der Waals surface area contributed by atoms with Gasteiger partial charge in [0.25, 0.3) is 0 Å². The number of allylic oxidation sites excluding steroid dienone is 3. The minimum absolute atomic E-state index is 0.300. The number of carboxylic acids is 1. The van der Waals surface area contributed by atoms with Crippen molar-refractivity contribution in [2.24, 2.45) is 5.16 Å². The van der Waals surface area contributed by atoms with Crippen molar-refractivity contribution in [2.75, 3.05) is 13.2 Å². The molecule has 0 aliphatic heterocycles. The molecule has 102 valence electrons. The van der Waals surface area contributed by atoms with Crippen molar-refractivity contribution in [3.63, 3.8) is 0 Å². The van der Waals surface area contributed by atoms with E-state index in [1.807, 2.05) is 6.92 Å². The first-order chi connectivity index (χ1) is 9.11. The predicted molar refractivity (Wildman–Crippen MR) is 68.8 cm³/mol. The van der Waals surface area contributed by atoms with Crippen LogP contribution < -0.4 is 10.6 Å². The van der Waals surface area contributed by atoms with E-state index in [9.17, 15) is 9.59 Å². The van der Waals surface area contributed by atoms with Crippen molar-refractivity contribution in [1.29, 1.82) is 0 Å². The fraction of sp³-hybridized carbons (Fsp3) is 0.333. The number of hydrogen-bond acceptors (Lipinski definition) is 4. The Balaban J connectivity index is 2.43. The summed E-state index contributed by atoms with van der Waals surface area (Å²) in [7, 11) is 0. The second-order valence-corrected chi connectivity index (χ2v) is 3.54. The van der Waals surface area contributed by atoms with Crippen LogP contribution in [0.4, 0.5) is 4.79 Å². The smallest absolute Gasteiger partial charge is 0.323 e. The van der Waals surface area contributed by atoms with Crippen LogP contribution in [0, 0.1) is 0 Å². The molecule has 19 heavy (non-hydrogen) atoms. The van der Waals surface area contributed by atoms with Crippen LogP contribution in [-0.2, 0) is 9.63 Å². The summed E-state index contributed by atoms with van der Waals surface area (Å²) in [4.78, 5) is 26.3. The molecular formula is C12H15N3O4. The normalized spacial score (nSPS) is 16.5. The Labute approximate surface area is 110 Å². The topological polar surface area (TPSA) is 100 Å². The van der Waals surface area contributed by atoms with E-state index in [4.69, 9.17) is 9.94 Å². The first-order valence-corrected chi connectivity index (χ1v) is 5.69. The Morgan fingerprint density at radius 1 is 1.47 bits per heavy atom. The monoisotopic (exact) mass is 265 g/mol. The zero-order valence-electron chi connectivity index (χ0n) is 10.4. The Kier molecular flexibility index (Phi) is 5.91. The molecule has 0 atom stereocenters. The molecule has 0 aromatic heterocycles. The van der Waals surface area contributed by atoms with Crippen LogP contribution in [-0.4, -0.2) is 42.2 Å². The minimum atomic E-state index is -1.10. The summed E-state index contributed by atoms with van der Waals surface area (Å²) in [5.74, 6) is 1.58. The van der Waals surface area contributed by atoms with E-state index < -0.39 is 18.5 Å². The van der Waals surface area contributed by atoms with E-state index >= 15 is 0 Å². The van der Waals surface area contributed by atoms with Crippen LogP contribution in [0.15, 0.2) is 35.0 Å². The number of carboxylic acid groups (broad SMARTS) is 1. The van der Waals surface area contributed by atoms with E-state index in [1.54, 1.807) is 24.3 Å². The third-order valence-corrected chi connectivity index (χ3v) is 2.03. The highest BCUT2D eigenvalue weighted by atomic mass is 16.6. The molecule has 7 nitrogen and oxygen atoms in total. The lowest BCUT2D eigenvalue weighted by Crippen LogP contribution is -2.42. The van der Waals surface area contributed by atoms with Crippen molar-refractivity contribution in [1.82, 2.24) is 10.6 Å². The first kappa shape index (κ1) is 14.5. The molecule has 0 heterocycles. The van der Waals surface area contributed by atoms with Gasteiger partial charge in [-0.2, -0.15) is 0 Å². The number of urea groups is 1. The molecule has 0 unspecified atom stereocenters. The average molecular weight is 265 g/mol. The molecule has 0 aromatic carbocycles. The molecule has 7 heteroatoms. The summed E-state index contributed by atoms with van der Waals surface area (Å²) in [5.41, 5.74) is 0.720. The molecule has 0 spiro atoms. The second-order valence-electron chi connectivity index (χ2n) is 3.54. The quantitative estimate of drug-likeness (QED) is 0.495. The highest BCUT2D eigenvalue weighted by Crippen LogP contribution is 2.05. The number of hydrogen-bond donors (Lipinski definition) is 3. The van der Waals surface area contributed by atoms with Crippen molar-refractivity contribution in [3.8, 4) is 0 Å².